The Morgan fingerprint density at radius 2 is 2.11 bits per heavy atom. The minimum Gasteiger partial charge on any atom is -0.326 e. The van der Waals surface area contributed by atoms with Crippen molar-refractivity contribution in [2.45, 2.75) is 24.4 Å². The van der Waals surface area contributed by atoms with Gasteiger partial charge in [0.25, 0.3) is 0 Å². The smallest absolute Gasteiger partial charge is 0.244 e. The van der Waals surface area contributed by atoms with Gasteiger partial charge in [0.15, 0.2) is 0 Å². The van der Waals surface area contributed by atoms with Gasteiger partial charge in [0, 0.05) is 29.9 Å². The van der Waals surface area contributed by atoms with Crippen molar-refractivity contribution in [3.05, 3.63) is 28.2 Å². The highest BCUT2D eigenvalue weighted by Crippen LogP contribution is 2.27. The second kappa shape index (κ2) is 7.08. The molecule has 0 aliphatic carbocycles. The first kappa shape index (κ1) is 17.0. The van der Waals surface area contributed by atoms with Crippen molar-refractivity contribution >= 4 is 37.7 Å². The topological polar surface area (TPSA) is 63.4 Å². The lowest BCUT2D eigenvalue weighted by atomic mass is 10.2. The van der Waals surface area contributed by atoms with E-state index in [0.29, 0.717) is 11.0 Å². The van der Waals surface area contributed by atoms with Crippen LogP contribution in [-0.4, -0.2) is 37.8 Å². The van der Waals surface area contributed by atoms with Crippen molar-refractivity contribution < 1.29 is 8.42 Å². The van der Waals surface area contributed by atoms with Crippen molar-refractivity contribution in [3.8, 4) is 0 Å². The lowest BCUT2D eigenvalue weighted by Crippen LogP contribution is -2.36. The van der Waals surface area contributed by atoms with Crippen molar-refractivity contribution in [3.63, 3.8) is 0 Å². The fourth-order valence-electron chi connectivity index (χ4n) is 1.61. The van der Waals surface area contributed by atoms with Crippen LogP contribution in [0.1, 0.15) is 12.5 Å². The summed E-state index contributed by atoms with van der Waals surface area (Å²) < 4.78 is 27.1. The number of sulfonamides is 1. The van der Waals surface area contributed by atoms with E-state index < -0.39 is 10.0 Å². The van der Waals surface area contributed by atoms with E-state index in [1.807, 2.05) is 19.2 Å². The minimum absolute atomic E-state index is 0.0616. The molecular weight excluding hydrogens is 348 g/mol. The van der Waals surface area contributed by atoms with Crippen LogP contribution in [0.5, 0.6) is 0 Å². The molecule has 0 aromatic heterocycles. The molecule has 108 valence electrons. The molecule has 2 N–H and O–H groups in total. The molecule has 0 bridgehead atoms. The van der Waals surface area contributed by atoms with E-state index >= 15 is 0 Å². The van der Waals surface area contributed by atoms with Gasteiger partial charge < -0.3 is 5.73 Å². The zero-order chi connectivity index (χ0) is 14.6. The van der Waals surface area contributed by atoms with Crippen LogP contribution in [0.15, 0.2) is 27.6 Å². The average molecular weight is 367 g/mol. The van der Waals surface area contributed by atoms with Crippen molar-refractivity contribution in [1.82, 2.24) is 4.31 Å². The Morgan fingerprint density at radius 1 is 1.47 bits per heavy atom. The SMILES string of the molecule is CSCC(C)N(C)S(=O)(=O)c1cc(CN)ccc1Br. The van der Waals surface area contributed by atoms with E-state index in [4.69, 9.17) is 5.73 Å². The number of rotatable bonds is 6. The fraction of sp³-hybridized carbons (Fsp3) is 0.500. The van der Waals surface area contributed by atoms with Crippen molar-refractivity contribution in [2.24, 2.45) is 5.73 Å². The molecular formula is C12H19BrN2O2S2. The van der Waals surface area contributed by atoms with E-state index in [9.17, 15) is 8.42 Å². The third-order valence-electron chi connectivity index (χ3n) is 2.92. The molecule has 1 atom stereocenters. The third-order valence-corrected chi connectivity index (χ3v) is 6.70. The molecule has 4 nitrogen and oxygen atoms in total. The molecule has 0 radical (unpaired) electrons. The Morgan fingerprint density at radius 3 is 2.63 bits per heavy atom. The molecule has 0 saturated heterocycles. The van der Waals surface area contributed by atoms with Gasteiger partial charge in [-0.1, -0.05) is 6.07 Å². The fourth-order valence-corrected chi connectivity index (χ4v) is 4.74. The van der Waals surface area contributed by atoms with Crippen LogP contribution in [0.2, 0.25) is 0 Å². The van der Waals surface area contributed by atoms with Crippen LogP contribution in [0.4, 0.5) is 0 Å². The largest absolute Gasteiger partial charge is 0.326 e. The van der Waals surface area contributed by atoms with E-state index in [-0.39, 0.29) is 10.9 Å². The maximum Gasteiger partial charge on any atom is 0.244 e. The summed E-state index contributed by atoms with van der Waals surface area (Å²) in [6.07, 6.45) is 1.96. The zero-order valence-corrected chi connectivity index (χ0v) is 14.5. The Hall–Kier alpha value is -0.0800. The Bertz CT molecular complexity index is 535. The van der Waals surface area contributed by atoms with Crippen molar-refractivity contribution in [1.29, 1.82) is 0 Å². The first-order chi connectivity index (χ1) is 8.84. The molecule has 1 aromatic rings. The van der Waals surface area contributed by atoms with Gasteiger partial charge in [0.1, 0.15) is 0 Å². The highest BCUT2D eigenvalue weighted by Gasteiger charge is 2.27. The van der Waals surface area contributed by atoms with Gasteiger partial charge in [0.2, 0.25) is 10.0 Å². The molecule has 7 heteroatoms. The summed E-state index contributed by atoms with van der Waals surface area (Å²) in [5.41, 5.74) is 6.37. The number of hydrogen-bond donors (Lipinski definition) is 1. The van der Waals surface area contributed by atoms with Crippen LogP contribution in [0.3, 0.4) is 0 Å². The summed E-state index contributed by atoms with van der Waals surface area (Å²) in [5, 5.41) is 0. The first-order valence-corrected chi connectivity index (χ1v) is 9.42. The molecule has 1 unspecified atom stereocenters. The van der Waals surface area contributed by atoms with Crippen LogP contribution in [0, 0.1) is 0 Å². The Kier molecular flexibility index (Phi) is 6.32. The molecule has 0 saturated carbocycles. The van der Waals surface area contributed by atoms with Crippen LogP contribution in [-0.2, 0) is 16.6 Å². The van der Waals surface area contributed by atoms with E-state index in [2.05, 4.69) is 15.9 Å². The Balaban J connectivity index is 3.19. The van der Waals surface area contributed by atoms with Gasteiger partial charge in [0.05, 0.1) is 4.90 Å². The molecule has 0 heterocycles. The van der Waals surface area contributed by atoms with Crippen molar-refractivity contribution in [2.75, 3.05) is 19.1 Å². The van der Waals surface area contributed by atoms with Gasteiger partial charge in [-0.15, -0.1) is 0 Å². The lowest BCUT2D eigenvalue weighted by Gasteiger charge is -2.24. The molecule has 0 fully saturated rings. The van der Waals surface area contributed by atoms with Gasteiger partial charge >= 0.3 is 0 Å². The summed E-state index contributed by atoms with van der Waals surface area (Å²) in [4.78, 5) is 0.269. The molecule has 0 aliphatic rings. The normalized spacial score (nSPS) is 13.8. The van der Waals surface area contributed by atoms with E-state index in [1.165, 1.54) is 4.31 Å². The van der Waals surface area contributed by atoms with Crippen LogP contribution < -0.4 is 5.73 Å². The molecule has 19 heavy (non-hydrogen) atoms. The zero-order valence-electron chi connectivity index (χ0n) is 11.3. The summed E-state index contributed by atoms with van der Waals surface area (Å²) in [5.74, 6) is 0.754. The molecule has 1 rings (SSSR count). The minimum atomic E-state index is -3.51. The summed E-state index contributed by atoms with van der Waals surface area (Å²) in [6.45, 7) is 2.22. The highest BCUT2D eigenvalue weighted by atomic mass is 79.9. The van der Waals surface area contributed by atoms with Gasteiger partial charge in [-0.25, -0.2) is 8.42 Å². The van der Waals surface area contributed by atoms with Gasteiger partial charge in [-0.05, 0) is 46.8 Å². The van der Waals surface area contributed by atoms with E-state index in [1.54, 1.807) is 30.9 Å². The number of nitrogens with two attached hydrogens (primary N) is 1. The number of benzene rings is 1. The van der Waals surface area contributed by atoms with E-state index in [0.717, 1.165) is 11.3 Å². The van der Waals surface area contributed by atoms with Gasteiger partial charge in [-0.2, -0.15) is 16.1 Å². The summed E-state index contributed by atoms with van der Waals surface area (Å²) in [7, 11) is -1.90. The maximum atomic E-state index is 12.6. The number of halogens is 1. The van der Waals surface area contributed by atoms with Crippen LogP contribution in [0.25, 0.3) is 0 Å². The summed E-state index contributed by atoms with van der Waals surface area (Å²) in [6, 6.07) is 5.10. The number of thioether (sulfide) groups is 1. The lowest BCUT2D eigenvalue weighted by molar-refractivity contribution is 0.415. The monoisotopic (exact) mass is 366 g/mol. The second-order valence-electron chi connectivity index (χ2n) is 4.29. The third kappa shape index (κ3) is 3.95. The first-order valence-electron chi connectivity index (χ1n) is 5.80. The predicted octanol–water partition coefficient (Wildman–Crippen LogP) is 2.28. The average Bonchev–Trinajstić information content (AvgIpc) is 2.38. The second-order valence-corrected chi connectivity index (χ2v) is 8.03. The predicted molar refractivity (Wildman–Crippen MR) is 84.8 cm³/mol. The highest BCUT2D eigenvalue weighted by molar-refractivity contribution is 9.10. The number of nitrogens with zero attached hydrogens (tertiary/aromatic N) is 1. The van der Waals surface area contributed by atoms with Crippen LogP contribution >= 0.6 is 27.7 Å². The number of hydrogen-bond acceptors (Lipinski definition) is 4. The van der Waals surface area contributed by atoms with Gasteiger partial charge in [-0.3, -0.25) is 0 Å². The Labute approximate surface area is 127 Å². The summed E-state index contributed by atoms with van der Waals surface area (Å²) >= 11 is 4.92. The molecule has 0 amide bonds. The molecule has 1 aromatic carbocycles. The molecule has 0 spiro atoms. The molecule has 0 aliphatic heterocycles. The standard InChI is InChI=1S/C12H19BrN2O2S2/c1-9(8-18-3)15(2)19(16,17)12-6-10(7-14)4-5-11(12)13/h4-6,9H,7-8,14H2,1-3H3. The maximum absolute atomic E-state index is 12.6. The quantitative estimate of drug-likeness (QED) is 0.838.